The standard InChI is InChI=1S/C13H24N4O/c1-7-14-10-8-11(16-9(2)15-10)17-12(3,4)13(5,6)18/h8,18H,7H2,1-6H3,(H2,14,15,16,17). The smallest absolute Gasteiger partial charge is 0.132 e. The van der Waals surface area contributed by atoms with E-state index in [4.69, 9.17) is 0 Å². The summed E-state index contributed by atoms with van der Waals surface area (Å²) in [4.78, 5) is 8.63. The Hall–Kier alpha value is -1.36. The minimum absolute atomic E-state index is 0.489. The second-order valence-corrected chi connectivity index (χ2v) is 5.52. The fourth-order valence-electron chi connectivity index (χ4n) is 1.38. The molecule has 0 aliphatic heterocycles. The van der Waals surface area contributed by atoms with Crippen LogP contribution in [-0.4, -0.2) is 32.8 Å². The van der Waals surface area contributed by atoms with Crippen molar-refractivity contribution in [3.63, 3.8) is 0 Å². The van der Waals surface area contributed by atoms with Crippen molar-refractivity contribution in [1.29, 1.82) is 0 Å². The third-order valence-electron chi connectivity index (χ3n) is 3.17. The maximum atomic E-state index is 10.1. The summed E-state index contributed by atoms with van der Waals surface area (Å²) in [5, 5.41) is 16.5. The molecule has 0 spiro atoms. The summed E-state index contributed by atoms with van der Waals surface area (Å²) in [6.07, 6.45) is 0. The molecule has 1 aromatic rings. The van der Waals surface area contributed by atoms with Gasteiger partial charge in [0, 0.05) is 12.6 Å². The van der Waals surface area contributed by atoms with Crippen molar-refractivity contribution in [3.05, 3.63) is 11.9 Å². The summed E-state index contributed by atoms with van der Waals surface area (Å²) in [6.45, 7) is 12.1. The molecule has 0 fully saturated rings. The predicted molar refractivity (Wildman–Crippen MR) is 74.9 cm³/mol. The van der Waals surface area contributed by atoms with Gasteiger partial charge in [-0.1, -0.05) is 0 Å². The maximum Gasteiger partial charge on any atom is 0.132 e. The molecule has 0 amide bonds. The molecule has 0 aliphatic rings. The highest BCUT2D eigenvalue weighted by Crippen LogP contribution is 2.25. The number of hydrogen-bond donors (Lipinski definition) is 3. The van der Waals surface area contributed by atoms with Crippen LogP contribution in [0.1, 0.15) is 40.4 Å². The van der Waals surface area contributed by atoms with Crippen LogP contribution >= 0.6 is 0 Å². The number of rotatable bonds is 5. The molecule has 5 nitrogen and oxygen atoms in total. The Balaban J connectivity index is 2.97. The average molecular weight is 252 g/mol. The summed E-state index contributed by atoms with van der Waals surface area (Å²) < 4.78 is 0. The lowest BCUT2D eigenvalue weighted by Crippen LogP contribution is -2.51. The molecule has 102 valence electrons. The zero-order valence-corrected chi connectivity index (χ0v) is 12.1. The molecule has 1 heterocycles. The van der Waals surface area contributed by atoms with E-state index in [9.17, 15) is 5.11 Å². The van der Waals surface area contributed by atoms with Gasteiger partial charge in [-0.25, -0.2) is 9.97 Å². The van der Waals surface area contributed by atoms with Crippen molar-refractivity contribution in [2.75, 3.05) is 17.2 Å². The second-order valence-electron chi connectivity index (χ2n) is 5.52. The maximum absolute atomic E-state index is 10.1. The first-order valence-corrected chi connectivity index (χ1v) is 6.26. The molecule has 0 aromatic carbocycles. The van der Waals surface area contributed by atoms with Gasteiger partial charge in [0.05, 0.1) is 11.1 Å². The lowest BCUT2D eigenvalue weighted by atomic mass is 9.86. The van der Waals surface area contributed by atoms with Crippen LogP contribution in [0.25, 0.3) is 0 Å². The van der Waals surface area contributed by atoms with Gasteiger partial charge in [-0.05, 0) is 41.5 Å². The number of hydrogen-bond acceptors (Lipinski definition) is 5. The summed E-state index contributed by atoms with van der Waals surface area (Å²) in [5.74, 6) is 2.20. The Bertz CT molecular complexity index is 410. The Morgan fingerprint density at radius 3 is 2.22 bits per heavy atom. The van der Waals surface area contributed by atoms with Gasteiger partial charge in [-0.3, -0.25) is 0 Å². The van der Waals surface area contributed by atoms with E-state index in [-0.39, 0.29) is 0 Å². The molecule has 0 radical (unpaired) electrons. The van der Waals surface area contributed by atoms with Crippen molar-refractivity contribution < 1.29 is 5.11 Å². The van der Waals surface area contributed by atoms with Gasteiger partial charge in [0.25, 0.3) is 0 Å². The molecule has 5 heteroatoms. The summed E-state index contributed by atoms with van der Waals surface area (Å²) in [7, 11) is 0. The van der Waals surface area contributed by atoms with Crippen LogP contribution in [0, 0.1) is 6.92 Å². The van der Waals surface area contributed by atoms with Crippen molar-refractivity contribution in [3.8, 4) is 0 Å². The van der Waals surface area contributed by atoms with E-state index in [1.807, 2.05) is 33.8 Å². The van der Waals surface area contributed by atoms with Gasteiger partial charge in [-0.15, -0.1) is 0 Å². The zero-order chi connectivity index (χ0) is 14.0. The van der Waals surface area contributed by atoms with Crippen LogP contribution in [0.5, 0.6) is 0 Å². The fourth-order valence-corrected chi connectivity index (χ4v) is 1.38. The SMILES string of the molecule is CCNc1cc(NC(C)(C)C(C)(C)O)nc(C)n1. The quantitative estimate of drug-likeness (QED) is 0.749. The number of nitrogens with zero attached hydrogens (tertiary/aromatic N) is 2. The number of aromatic nitrogens is 2. The topological polar surface area (TPSA) is 70.1 Å². The van der Waals surface area contributed by atoms with E-state index in [0.717, 1.165) is 12.4 Å². The summed E-state index contributed by atoms with van der Waals surface area (Å²) in [5.41, 5.74) is -1.35. The predicted octanol–water partition coefficient (Wildman–Crippen LogP) is 2.18. The minimum Gasteiger partial charge on any atom is -0.388 e. The Labute approximate surface area is 109 Å². The molecule has 0 aliphatic carbocycles. The number of aryl methyl sites for hydroxylation is 1. The lowest BCUT2D eigenvalue weighted by Gasteiger charge is -2.38. The van der Waals surface area contributed by atoms with E-state index >= 15 is 0 Å². The van der Waals surface area contributed by atoms with Crippen LogP contribution in [0.3, 0.4) is 0 Å². The van der Waals surface area contributed by atoms with Crippen molar-refractivity contribution in [1.82, 2.24) is 9.97 Å². The van der Waals surface area contributed by atoms with Gasteiger partial charge in [0.15, 0.2) is 0 Å². The molecular weight excluding hydrogens is 228 g/mol. The molecule has 1 aromatic heterocycles. The van der Waals surface area contributed by atoms with Gasteiger partial charge in [-0.2, -0.15) is 0 Å². The molecule has 18 heavy (non-hydrogen) atoms. The Morgan fingerprint density at radius 2 is 1.72 bits per heavy atom. The average Bonchev–Trinajstić information content (AvgIpc) is 2.13. The van der Waals surface area contributed by atoms with Gasteiger partial charge >= 0.3 is 0 Å². The van der Waals surface area contributed by atoms with Gasteiger partial charge < -0.3 is 15.7 Å². The Kier molecular flexibility index (Phi) is 4.16. The van der Waals surface area contributed by atoms with E-state index in [0.29, 0.717) is 11.6 Å². The monoisotopic (exact) mass is 252 g/mol. The number of aliphatic hydroxyl groups is 1. The van der Waals surface area contributed by atoms with Crippen LogP contribution in [0.15, 0.2) is 6.07 Å². The van der Waals surface area contributed by atoms with E-state index in [1.165, 1.54) is 0 Å². The number of nitrogens with one attached hydrogen (secondary N) is 2. The number of anilines is 2. The highest BCUT2D eigenvalue weighted by Gasteiger charge is 2.35. The van der Waals surface area contributed by atoms with Crippen LogP contribution in [0.2, 0.25) is 0 Å². The molecule has 0 unspecified atom stereocenters. The van der Waals surface area contributed by atoms with Gasteiger partial charge in [0.2, 0.25) is 0 Å². The lowest BCUT2D eigenvalue weighted by molar-refractivity contribution is 0.0238. The highest BCUT2D eigenvalue weighted by molar-refractivity contribution is 5.49. The fraction of sp³-hybridized carbons (Fsp3) is 0.692. The van der Waals surface area contributed by atoms with Crippen LogP contribution in [-0.2, 0) is 0 Å². The molecule has 0 atom stereocenters. The first-order valence-electron chi connectivity index (χ1n) is 6.26. The first kappa shape index (κ1) is 14.7. The van der Waals surface area contributed by atoms with Crippen molar-refractivity contribution in [2.24, 2.45) is 0 Å². The highest BCUT2D eigenvalue weighted by atomic mass is 16.3. The molecule has 0 saturated heterocycles. The van der Waals surface area contributed by atoms with Gasteiger partial charge in [0.1, 0.15) is 17.5 Å². The van der Waals surface area contributed by atoms with Crippen LogP contribution in [0.4, 0.5) is 11.6 Å². The van der Waals surface area contributed by atoms with Crippen molar-refractivity contribution >= 4 is 11.6 Å². The van der Waals surface area contributed by atoms with E-state index in [1.54, 1.807) is 13.8 Å². The molecule has 0 bridgehead atoms. The molecule has 0 saturated carbocycles. The van der Waals surface area contributed by atoms with E-state index < -0.39 is 11.1 Å². The summed E-state index contributed by atoms with van der Waals surface area (Å²) >= 11 is 0. The van der Waals surface area contributed by atoms with Crippen molar-refractivity contribution in [2.45, 2.75) is 52.7 Å². The first-order chi connectivity index (χ1) is 8.15. The largest absolute Gasteiger partial charge is 0.388 e. The van der Waals surface area contributed by atoms with E-state index in [2.05, 4.69) is 20.6 Å². The molecular formula is C13H24N4O. The molecule has 1 rings (SSSR count). The normalized spacial score (nSPS) is 12.4. The minimum atomic E-state index is -0.857. The van der Waals surface area contributed by atoms with Crippen LogP contribution < -0.4 is 10.6 Å². The zero-order valence-electron chi connectivity index (χ0n) is 12.1. The second kappa shape index (κ2) is 5.10. The summed E-state index contributed by atoms with van der Waals surface area (Å²) in [6, 6.07) is 1.85. The third-order valence-corrected chi connectivity index (χ3v) is 3.17. The third kappa shape index (κ3) is 3.57. The molecule has 3 N–H and O–H groups in total. The Morgan fingerprint density at radius 1 is 1.17 bits per heavy atom.